The molecule has 1 fully saturated rings. The average Bonchev–Trinajstić information content (AvgIpc) is 3.26. The summed E-state index contributed by atoms with van der Waals surface area (Å²) in [5, 5.41) is 12.0. The van der Waals surface area contributed by atoms with E-state index in [1.165, 1.54) is 12.1 Å². The van der Waals surface area contributed by atoms with Crippen molar-refractivity contribution < 1.29 is 13.9 Å². The molecule has 1 heterocycles. The van der Waals surface area contributed by atoms with Crippen molar-refractivity contribution in [2.75, 3.05) is 6.67 Å². The van der Waals surface area contributed by atoms with E-state index in [0.29, 0.717) is 6.42 Å². The minimum atomic E-state index is -1.42. The van der Waals surface area contributed by atoms with Gasteiger partial charge in [-0.15, -0.1) is 0 Å². The Morgan fingerprint density at radius 2 is 1.80 bits per heavy atom. The summed E-state index contributed by atoms with van der Waals surface area (Å²) in [4.78, 5) is 3.26. The van der Waals surface area contributed by atoms with Crippen LogP contribution in [0.2, 0.25) is 0 Å². The Morgan fingerprint density at radius 1 is 1.08 bits per heavy atom. The number of aromatic nitrogens is 1. The smallest absolute Gasteiger partial charge is 0.123 e. The molecule has 0 radical (unpaired) electrons. The maximum Gasteiger partial charge on any atom is 0.123 e. The SMILES string of the molecule is OC(CF)(Cc1cc2ccccc2[nH]1)CC1(c2ccc(F)cc2)CC1. The molecule has 0 saturated heterocycles. The molecule has 0 aliphatic heterocycles. The number of hydrogen-bond donors (Lipinski definition) is 2. The number of nitrogens with one attached hydrogen (secondary N) is 1. The van der Waals surface area contributed by atoms with Crippen molar-refractivity contribution in [3.63, 3.8) is 0 Å². The molecule has 0 spiro atoms. The molecule has 2 N–H and O–H groups in total. The Balaban J connectivity index is 1.57. The van der Waals surface area contributed by atoms with Crippen molar-refractivity contribution in [2.24, 2.45) is 0 Å². The number of hydrogen-bond acceptors (Lipinski definition) is 1. The average molecular weight is 341 g/mol. The standard InChI is InChI=1S/C21H21F2NO/c22-14-21(25,12-18-11-15-3-1-2-4-19(15)24-18)13-20(9-10-20)16-5-7-17(23)8-6-16/h1-8,11,24-25H,9-10,12-14H2. The third-order valence-corrected chi connectivity index (χ3v) is 5.33. The van der Waals surface area contributed by atoms with Crippen LogP contribution in [0.4, 0.5) is 8.78 Å². The first-order valence-electron chi connectivity index (χ1n) is 8.63. The van der Waals surface area contributed by atoms with Gasteiger partial charge in [0.1, 0.15) is 12.5 Å². The van der Waals surface area contributed by atoms with Crippen molar-refractivity contribution in [3.05, 3.63) is 71.7 Å². The highest BCUT2D eigenvalue weighted by molar-refractivity contribution is 5.80. The van der Waals surface area contributed by atoms with Gasteiger partial charge in [0.25, 0.3) is 0 Å². The molecule has 0 bridgehead atoms. The number of para-hydroxylation sites is 1. The highest BCUT2D eigenvalue weighted by atomic mass is 19.1. The molecule has 1 unspecified atom stereocenters. The number of alkyl halides is 1. The molecule has 4 heteroatoms. The fourth-order valence-electron chi connectivity index (χ4n) is 3.89. The minimum Gasteiger partial charge on any atom is -0.387 e. The topological polar surface area (TPSA) is 36.0 Å². The molecule has 1 aromatic heterocycles. The minimum absolute atomic E-state index is 0.236. The summed E-state index contributed by atoms with van der Waals surface area (Å²) in [6, 6.07) is 16.2. The van der Waals surface area contributed by atoms with E-state index in [4.69, 9.17) is 0 Å². The van der Waals surface area contributed by atoms with Crippen molar-refractivity contribution in [1.82, 2.24) is 4.98 Å². The number of H-pyrrole nitrogens is 1. The third kappa shape index (κ3) is 3.19. The van der Waals surface area contributed by atoms with Crippen LogP contribution >= 0.6 is 0 Å². The van der Waals surface area contributed by atoms with E-state index < -0.39 is 12.3 Å². The van der Waals surface area contributed by atoms with E-state index in [2.05, 4.69) is 4.98 Å². The maximum atomic E-state index is 13.8. The molecule has 1 atom stereocenters. The quantitative estimate of drug-likeness (QED) is 0.671. The van der Waals surface area contributed by atoms with Gasteiger partial charge in [-0.2, -0.15) is 0 Å². The van der Waals surface area contributed by atoms with Gasteiger partial charge < -0.3 is 10.1 Å². The van der Waals surface area contributed by atoms with Gasteiger partial charge in [0.2, 0.25) is 0 Å². The molecule has 25 heavy (non-hydrogen) atoms. The number of halogens is 2. The monoisotopic (exact) mass is 341 g/mol. The Kier molecular flexibility index (Phi) is 3.88. The largest absolute Gasteiger partial charge is 0.387 e. The zero-order valence-electron chi connectivity index (χ0n) is 13.9. The second kappa shape index (κ2) is 5.95. The highest BCUT2D eigenvalue weighted by Crippen LogP contribution is 2.53. The number of rotatable bonds is 6. The molecule has 1 aliphatic carbocycles. The molecule has 4 rings (SSSR count). The van der Waals surface area contributed by atoms with Gasteiger partial charge in [0, 0.05) is 17.6 Å². The summed E-state index contributed by atoms with van der Waals surface area (Å²) >= 11 is 0. The third-order valence-electron chi connectivity index (χ3n) is 5.33. The van der Waals surface area contributed by atoms with Gasteiger partial charge in [-0.05, 0) is 59.9 Å². The van der Waals surface area contributed by atoms with Crippen LogP contribution in [0.25, 0.3) is 10.9 Å². The van der Waals surface area contributed by atoms with Gasteiger partial charge in [0.15, 0.2) is 0 Å². The summed E-state index contributed by atoms with van der Waals surface area (Å²) < 4.78 is 27.0. The zero-order valence-corrected chi connectivity index (χ0v) is 13.9. The molecular formula is C21H21F2NO. The van der Waals surface area contributed by atoms with Gasteiger partial charge in [-0.3, -0.25) is 0 Å². The van der Waals surface area contributed by atoms with Gasteiger partial charge in [-0.25, -0.2) is 8.78 Å². The summed E-state index contributed by atoms with van der Waals surface area (Å²) in [6.07, 6.45) is 2.37. The zero-order chi connectivity index (χ0) is 17.5. The van der Waals surface area contributed by atoms with Crippen LogP contribution in [0.5, 0.6) is 0 Å². The molecular weight excluding hydrogens is 320 g/mol. The van der Waals surface area contributed by atoms with Crippen molar-refractivity contribution in [2.45, 2.75) is 36.7 Å². The molecule has 2 nitrogen and oxygen atoms in total. The maximum absolute atomic E-state index is 13.8. The van der Waals surface area contributed by atoms with Gasteiger partial charge in [-0.1, -0.05) is 30.3 Å². The lowest BCUT2D eigenvalue weighted by Gasteiger charge is -2.30. The first-order valence-corrected chi connectivity index (χ1v) is 8.63. The molecule has 0 amide bonds. The second-order valence-electron chi connectivity index (χ2n) is 7.38. The van der Waals surface area contributed by atoms with Crippen LogP contribution in [0.1, 0.15) is 30.5 Å². The van der Waals surface area contributed by atoms with Crippen LogP contribution < -0.4 is 0 Å². The van der Waals surface area contributed by atoms with Crippen LogP contribution in [0, 0.1) is 5.82 Å². The molecule has 3 aromatic rings. The Hall–Kier alpha value is -2.20. The van der Waals surface area contributed by atoms with Crippen LogP contribution in [-0.2, 0) is 11.8 Å². The number of benzene rings is 2. The lowest BCUT2D eigenvalue weighted by atomic mass is 9.81. The van der Waals surface area contributed by atoms with E-state index in [-0.39, 0.29) is 17.7 Å². The van der Waals surface area contributed by atoms with E-state index in [1.54, 1.807) is 12.1 Å². The Labute approximate surface area is 145 Å². The predicted molar refractivity (Wildman–Crippen MR) is 94.9 cm³/mol. The van der Waals surface area contributed by atoms with E-state index in [1.807, 2.05) is 30.3 Å². The number of fused-ring (bicyclic) bond motifs is 1. The van der Waals surface area contributed by atoms with Crippen LogP contribution in [-0.4, -0.2) is 22.4 Å². The first-order chi connectivity index (χ1) is 12.0. The summed E-state index contributed by atoms with van der Waals surface area (Å²) in [5.41, 5.74) is 1.14. The first kappa shape index (κ1) is 16.3. The molecule has 1 aliphatic rings. The van der Waals surface area contributed by atoms with Crippen molar-refractivity contribution >= 4 is 10.9 Å². The van der Waals surface area contributed by atoms with Gasteiger partial charge in [0.05, 0.1) is 5.60 Å². The lowest BCUT2D eigenvalue weighted by Crippen LogP contribution is -2.38. The Bertz CT molecular complexity index is 849. The van der Waals surface area contributed by atoms with Crippen LogP contribution in [0.3, 0.4) is 0 Å². The second-order valence-corrected chi connectivity index (χ2v) is 7.38. The number of aliphatic hydroxyl groups is 1. The summed E-state index contributed by atoms with van der Waals surface area (Å²) in [6.45, 7) is -0.800. The summed E-state index contributed by atoms with van der Waals surface area (Å²) in [7, 11) is 0. The molecule has 2 aromatic carbocycles. The van der Waals surface area contributed by atoms with E-state index in [9.17, 15) is 13.9 Å². The summed E-state index contributed by atoms with van der Waals surface area (Å²) in [5.74, 6) is -0.279. The lowest BCUT2D eigenvalue weighted by molar-refractivity contribution is -0.00214. The number of aromatic amines is 1. The predicted octanol–water partition coefficient (Wildman–Crippen LogP) is 4.67. The molecule has 130 valence electrons. The van der Waals surface area contributed by atoms with Crippen molar-refractivity contribution in [3.8, 4) is 0 Å². The highest BCUT2D eigenvalue weighted by Gasteiger charge is 2.49. The van der Waals surface area contributed by atoms with E-state index in [0.717, 1.165) is 35.0 Å². The normalized spacial score (nSPS) is 18.2. The fourth-order valence-corrected chi connectivity index (χ4v) is 3.89. The molecule has 1 saturated carbocycles. The fraction of sp³-hybridized carbons (Fsp3) is 0.333. The van der Waals surface area contributed by atoms with E-state index >= 15 is 0 Å². The van der Waals surface area contributed by atoms with Gasteiger partial charge >= 0.3 is 0 Å². The Morgan fingerprint density at radius 3 is 2.44 bits per heavy atom. The van der Waals surface area contributed by atoms with Crippen molar-refractivity contribution in [1.29, 1.82) is 0 Å². The van der Waals surface area contributed by atoms with Crippen LogP contribution in [0.15, 0.2) is 54.6 Å².